The molecule has 0 aliphatic carbocycles. The molecule has 1 heterocycles. The van der Waals surface area contributed by atoms with Gasteiger partial charge in [-0.2, -0.15) is 0 Å². The summed E-state index contributed by atoms with van der Waals surface area (Å²) in [5.74, 6) is 0.836. The lowest BCUT2D eigenvalue weighted by molar-refractivity contribution is 0.196. The molecule has 0 amide bonds. The van der Waals surface area contributed by atoms with Crippen LogP contribution in [0.2, 0.25) is 10.0 Å². The Hall–Kier alpha value is -0.480. The van der Waals surface area contributed by atoms with E-state index < -0.39 is 0 Å². The zero-order chi connectivity index (χ0) is 13.8. The van der Waals surface area contributed by atoms with E-state index in [0.29, 0.717) is 22.7 Å². The van der Waals surface area contributed by atoms with Crippen molar-refractivity contribution < 1.29 is 4.74 Å². The van der Waals surface area contributed by atoms with Gasteiger partial charge in [-0.15, -0.1) is 0 Å². The molecule has 1 aliphatic heterocycles. The van der Waals surface area contributed by atoms with Gasteiger partial charge in [-0.1, -0.05) is 23.2 Å². The fourth-order valence-corrected chi connectivity index (χ4v) is 2.72. The Balaban J connectivity index is 2.15. The van der Waals surface area contributed by atoms with Crippen LogP contribution in [0.4, 0.5) is 0 Å². The molecule has 0 aromatic heterocycles. The average Bonchev–Trinajstić information content (AvgIpc) is 2.36. The second kappa shape index (κ2) is 6.80. The van der Waals surface area contributed by atoms with Gasteiger partial charge in [0.15, 0.2) is 0 Å². The van der Waals surface area contributed by atoms with E-state index >= 15 is 0 Å². The smallest absolute Gasteiger partial charge is 0.125 e. The molecule has 0 bridgehead atoms. The highest BCUT2D eigenvalue weighted by Gasteiger charge is 2.18. The predicted molar refractivity (Wildman–Crippen MR) is 80.4 cm³/mol. The Morgan fingerprint density at radius 3 is 2.79 bits per heavy atom. The van der Waals surface area contributed by atoms with Crippen LogP contribution >= 0.6 is 23.2 Å². The van der Waals surface area contributed by atoms with Gasteiger partial charge in [0.2, 0.25) is 0 Å². The SMILES string of the molecule is CCOc1cc(Cl)c(Cl)cc1CN1CCNC(C)C1. The second-order valence-electron chi connectivity index (χ2n) is 4.90. The van der Waals surface area contributed by atoms with E-state index in [2.05, 4.69) is 17.1 Å². The predicted octanol–water partition coefficient (Wildman–Crippen LogP) is 3.19. The Bertz CT molecular complexity index is 440. The van der Waals surface area contributed by atoms with Crippen molar-refractivity contribution >= 4 is 23.2 Å². The molecule has 1 saturated heterocycles. The fourth-order valence-electron chi connectivity index (χ4n) is 2.38. The molecule has 1 aromatic carbocycles. The summed E-state index contributed by atoms with van der Waals surface area (Å²) in [4.78, 5) is 2.41. The number of hydrogen-bond donors (Lipinski definition) is 1. The third kappa shape index (κ3) is 3.99. The van der Waals surface area contributed by atoms with Crippen LogP contribution in [0, 0.1) is 0 Å². The molecule has 0 saturated carbocycles. The number of hydrogen-bond acceptors (Lipinski definition) is 3. The summed E-state index contributed by atoms with van der Waals surface area (Å²) < 4.78 is 5.66. The van der Waals surface area contributed by atoms with Gasteiger partial charge < -0.3 is 10.1 Å². The molecule has 1 unspecified atom stereocenters. The van der Waals surface area contributed by atoms with Crippen molar-refractivity contribution in [3.8, 4) is 5.75 Å². The third-order valence-corrected chi connectivity index (χ3v) is 3.97. The van der Waals surface area contributed by atoms with Gasteiger partial charge in [-0.25, -0.2) is 0 Å². The molecule has 1 fully saturated rings. The van der Waals surface area contributed by atoms with Crippen LogP contribution in [0.5, 0.6) is 5.75 Å². The van der Waals surface area contributed by atoms with E-state index in [0.717, 1.165) is 37.5 Å². The largest absolute Gasteiger partial charge is 0.493 e. The van der Waals surface area contributed by atoms with Crippen molar-refractivity contribution in [2.24, 2.45) is 0 Å². The zero-order valence-electron chi connectivity index (χ0n) is 11.4. The molecule has 1 aromatic rings. The number of nitrogens with zero attached hydrogens (tertiary/aromatic N) is 1. The Kier molecular flexibility index (Phi) is 5.34. The lowest BCUT2D eigenvalue weighted by atomic mass is 10.1. The maximum Gasteiger partial charge on any atom is 0.125 e. The summed E-state index contributed by atoms with van der Waals surface area (Å²) in [6.07, 6.45) is 0. The van der Waals surface area contributed by atoms with Gasteiger partial charge in [-0.05, 0) is 19.9 Å². The van der Waals surface area contributed by atoms with Crippen molar-refractivity contribution in [1.82, 2.24) is 10.2 Å². The standard InChI is InChI=1S/C14H20Cl2N2O/c1-3-19-14-7-13(16)12(15)6-11(14)9-18-5-4-17-10(2)8-18/h6-7,10,17H,3-5,8-9H2,1-2H3. The van der Waals surface area contributed by atoms with Crippen LogP contribution in [-0.4, -0.2) is 37.2 Å². The Morgan fingerprint density at radius 1 is 1.37 bits per heavy atom. The minimum Gasteiger partial charge on any atom is -0.493 e. The summed E-state index contributed by atoms with van der Waals surface area (Å²) in [7, 11) is 0. The van der Waals surface area contributed by atoms with Crippen molar-refractivity contribution in [2.45, 2.75) is 26.4 Å². The normalized spacial score (nSPS) is 20.5. The summed E-state index contributed by atoms with van der Waals surface area (Å²) in [5.41, 5.74) is 1.10. The van der Waals surface area contributed by atoms with Gasteiger partial charge in [0.25, 0.3) is 0 Å². The van der Waals surface area contributed by atoms with E-state index in [4.69, 9.17) is 27.9 Å². The first kappa shape index (κ1) is 14.9. The number of benzene rings is 1. The van der Waals surface area contributed by atoms with Crippen LogP contribution < -0.4 is 10.1 Å². The summed E-state index contributed by atoms with van der Waals surface area (Å²) in [5, 5.41) is 4.57. The lowest BCUT2D eigenvalue weighted by Crippen LogP contribution is -2.48. The van der Waals surface area contributed by atoms with Gasteiger partial charge >= 0.3 is 0 Å². The van der Waals surface area contributed by atoms with Crippen LogP contribution in [0.25, 0.3) is 0 Å². The van der Waals surface area contributed by atoms with Crippen molar-refractivity contribution in [1.29, 1.82) is 0 Å². The number of halogens is 2. The Labute approximate surface area is 124 Å². The average molecular weight is 303 g/mol. The molecular weight excluding hydrogens is 283 g/mol. The first-order valence-corrected chi connectivity index (χ1v) is 7.42. The minimum atomic E-state index is 0.520. The molecule has 1 N–H and O–H groups in total. The van der Waals surface area contributed by atoms with E-state index in [-0.39, 0.29) is 0 Å². The number of nitrogens with one attached hydrogen (secondary N) is 1. The van der Waals surface area contributed by atoms with Gasteiger partial charge in [0, 0.05) is 43.9 Å². The molecule has 106 valence electrons. The molecule has 19 heavy (non-hydrogen) atoms. The fraction of sp³-hybridized carbons (Fsp3) is 0.571. The lowest BCUT2D eigenvalue weighted by Gasteiger charge is -2.32. The highest BCUT2D eigenvalue weighted by atomic mass is 35.5. The molecule has 0 spiro atoms. The maximum atomic E-state index is 6.11. The van der Waals surface area contributed by atoms with Crippen LogP contribution in [0.3, 0.4) is 0 Å². The van der Waals surface area contributed by atoms with E-state index in [1.54, 1.807) is 0 Å². The molecule has 1 aliphatic rings. The molecule has 1 atom stereocenters. The maximum absolute atomic E-state index is 6.11. The number of ether oxygens (including phenoxy) is 1. The van der Waals surface area contributed by atoms with Crippen molar-refractivity contribution in [3.05, 3.63) is 27.7 Å². The van der Waals surface area contributed by atoms with Gasteiger partial charge in [0.1, 0.15) is 5.75 Å². The van der Waals surface area contributed by atoms with E-state index in [9.17, 15) is 0 Å². The minimum absolute atomic E-state index is 0.520. The van der Waals surface area contributed by atoms with E-state index in [1.165, 1.54) is 0 Å². The van der Waals surface area contributed by atoms with Crippen LogP contribution in [0.1, 0.15) is 19.4 Å². The highest BCUT2D eigenvalue weighted by molar-refractivity contribution is 6.42. The van der Waals surface area contributed by atoms with Crippen LogP contribution in [-0.2, 0) is 6.54 Å². The van der Waals surface area contributed by atoms with Crippen molar-refractivity contribution in [2.75, 3.05) is 26.2 Å². The molecule has 5 heteroatoms. The topological polar surface area (TPSA) is 24.5 Å². The molecular formula is C14H20Cl2N2O. The first-order chi connectivity index (χ1) is 9.10. The highest BCUT2D eigenvalue weighted by Crippen LogP contribution is 2.31. The third-order valence-electron chi connectivity index (χ3n) is 3.25. The number of rotatable bonds is 4. The zero-order valence-corrected chi connectivity index (χ0v) is 12.9. The van der Waals surface area contributed by atoms with Crippen molar-refractivity contribution in [3.63, 3.8) is 0 Å². The second-order valence-corrected chi connectivity index (χ2v) is 5.71. The summed E-state index contributed by atoms with van der Waals surface area (Å²) >= 11 is 12.2. The van der Waals surface area contributed by atoms with Gasteiger partial charge in [0.05, 0.1) is 16.7 Å². The summed E-state index contributed by atoms with van der Waals surface area (Å²) in [6, 6.07) is 4.25. The first-order valence-electron chi connectivity index (χ1n) is 6.66. The molecule has 2 rings (SSSR count). The van der Waals surface area contributed by atoms with Gasteiger partial charge in [-0.3, -0.25) is 4.90 Å². The monoisotopic (exact) mass is 302 g/mol. The van der Waals surface area contributed by atoms with E-state index in [1.807, 2.05) is 19.1 Å². The quantitative estimate of drug-likeness (QED) is 0.924. The summed E-state index contributed by atoms with van der Waals surface area (Å²) in [6.45, 7) is 8.74. The Morgan fingerprint density at radius 2 is 2.11 bits per heavy atom. The number of piperazine rings is 1. The van der Waals surface area contributed by atoms with Crippen LogP contribution in [0.15, 0.2) is 12.1 Å². The molecule has 3 nitrogen and oxygen atoms in total. The molecule has 0 radical (unpaired) electrons.